The monoisotopic (exact) mass is 442 g/mol. The first-order chi connectivity index (χ1) is 13.7. The SMILES string of the molecule is C=C(c1sc(NC(=O)N2CC[C@H](S(C)(=O)=O)C2)nc1C(=N)OC)C1CCOCC1. The Bertz CT molecular complexity index is 905. The normalized spacial score (nSPS) is 20.5. The van der Waals surface area contributed by atoms with Gasteiger partial charge in [0.1, 0.15) is 5.69 Å². The second-order valence-electron chi connectivity index (χ2n) is 7.26. The molecule has 160 valence electrons. The van der Waals surface area contributed by atoms with Crippen LogP contribution < -0.4 is 5.32 Å². The van der Waals surface area contributed by atoms with Gasteiger partial charge in [0.25, 0.3) is 0 Å². The molecule has 0 spiro atoms. The number of allylic oxidation sites excluding steroid dienone is 1. The molecule has 1 aromatic rings. The van der Waals surface area contributed by atoms with Gasteiger partial charge in [0, 0.05) is 32.6 Å². The minimum atomic E-state index is -3.18. The Morgan fingerprint density at radius 3 is 2.66 bits per heavy atom. The lowest BCUT2D eigenvalue weighted by Gasteiger charge is -2.23. The molecule has 0 bridgehead atoms. The number of anilines is 1. The van der Waals surface area contributed by atoms with Crippen LogP contribution in [-0.2, 0) is 19.3 Å². The van der Waals surface area contributed by atoms with Gasteiger partial charge in [-0.3, -0.25) is 10.7 Å². The summed E-state index contributed by atoms with van der Waals surface area (Å²) in [6.45, 7) is 6.08. The van der Waals surface area contributed by atoms with Crippen LogP contribution in [0, 0.1) is 11.3 Å². The second kappa shape index (κ2) is 8.80. The fourth-order valence-electron chi connectivity index (χ4n) is 3.51. The maximum Gasteiger partial charge on any atom is 0.323 e. The molecule has 0 radical (unpaired) electrons. The van der Waals surface area contributed by atoms with Crippen molar-refractivity contribution in [2.24, 2.45) is 5.92 Å². The van der Waals surface area contributed by atoms with Crippen molar-refractivity contribution in [1.82, 2.24) is 9.88 Å². The largest absolute Gasteiger partial charge is 0.480 e. The van der Waals surface area contributed by atoms with E-state index in [1.165, 1.54) is 29.6 Å². The molecule has 0 unspecified atom stereocenters. The number of urea groups is 1. The van der Waals surface area contributed by atoms with Gasteiger partial charge in [-0.15, -0.1) is 0 Å². The summed E-state index contributed by atoms with van der Waals surface area (Å²) < 4.78 is 33.9. The molecule has 2 fully saturated rings. The van der Waals surface area contributed by atoms with Crippen molar-refractivity contribution >= 4 is 43.8 Å². The van der Waals surface area contributed by atoms with E-state index >= 15 is 0 Å². The number of nitrogens with zero attached hydrogens (tertiary/aromatic N) is 2. The van der Waals surface area contributed by atoms with Crippen LogP contribution in [0.15, 0.2) is 6.58 Å². The minimum absolute atomic E-state index is 0.0942. The molecule has 0 saturated carbocycles. The van der Waals surface area contributed by atoms with E-state index in [9.17, 15) is 13.2 Å². The van der Waals surface area contributed by atoms with Gasteiger partial charge in [-0.1, -0.05) is 17.9 Å². The molecular formula is C18H26N4O5S2. The van der Waals surface area contributed by atoms with Crippen LogP contribution in [0.2, 0.25) is 0 Å². The first kappa shape index (κ1) is 21.7. The molecule has 11 heteroatoms. The van der Waals surface area contributed by atoms with Crippen LogP contribution in [0.25, 0.3) is 5.57 Å². The molecule has 9 nitrogen and oxygen atoms in total. The molecule has 2 amide bonds. The highest BCUT2D eigenvalue weighted by molar-refractivity contribution is 7.91. The predicted octanol–water partition coefficient (Wildman–Crippen LogP) is 2.21. The summed E-state index contributed by atoms with van der Waals surface area (Å²) in [5, 5.41) is 10.6. The molecule has 29 heavy (non-hydrogen) atoms. The zero-order valence-corrected chi connectivity index (χ0v) is 18.2. The van der Waals surface area contributed by atoms with Crippen LogP contribution >= 0.6 is 11.3 Å². The number of carbonyl (C=O) groups excluding carboxylic acids is 1. The average Bonchev–Trinajstić information content (AvgIpc) is 3.35. The van der Waals surface area contributed by atoms with E-state index < -0.39 is 21.1 Å². The Hall–Kier alpha value is -1.98. The van der Waals surface area contributed by atoms with Gasteiger partial charge >= 0.3 is 6.03 Å². The molecule has 2 saturated heterocycles. The lowest BCUT2D eigenvalue weighted by atomic mass is 9.91. The molecule has 2 N–H and O–H groups in total. The zero-order valence-electron chi connectivity index (χ0n) is 16.6. The van der Waals surface area contributed by atoms with E-state index in [-0.39, 0.29) is 18.4 Å². The van der Waals surface area contributed by atoms with Gasteiger partial charge in [0.05, 0.1) is 17.2 Å². The number of rotatable bonds is 5. The van der Waals surface area contributed by atoms with Crippen molar-refractivity contribution in [3.05, 3.63) is 17.2 Å². The molecule has 2 aliphatic heterocycles. The number of nitrogens with one attached hydrogen (secondary N) is 2. The third kappa shape index (κ3) is 4.96. The Balaban J connectivity index is 1.76. The minimum Gasteiger partial charge on any atom is -0.480 e. The highest BCUT2D eigenvalue weighted by atomic mass is 32.2. The number of likely N-dealkylation sites (tertiary alicyclic amines) is 1. The van der Waals surface area contributed by atoms with E-state index in [1.54, 1.807) is 0 Å². The summed E-state index contributed by atoms with van der Waals surface area (Å²) in [7, 11) is -1.78. The van der Waals surface area contributed by atoms with Gasteiger partial charge in [-0.05, 0) is 30.8 Å². The van der Waals surface area contributed by atoms with E-state index in [4.69, 9.17) is 14.9 Å². The number of hydrogen-bond donors (Lipinski definition) is 2. The van der Waals surface area contributed by atoms with Crippen molar-refractivity contribution in [3.63, 3.8) is 0 Å². The standard InChI is InChI=1S/C18H26N4O5S2/c1-11(12-5-8-27-9-6-12)15-14(16(19)26-2)20-17(28-15)21-18(23)22-7-4-13(10-22)29(3,24)25/h12-13,19H,1,4-10H2,2-3H3,(H,20,21,23)/t13-/m0/s1. The quantitative estimate of drug-likeness (QED) is 0.533. The molecule has 3 rings (SSSR count). The highest BCUT2D eigenvalue weighted by Crippen LogP contribution is 2.37. The van der Waals surface area contributed by atoms with E-state index in [2.05, 4.69) is 16.9 Å². The number of amides is 2. The summed E-state index contributed by atoms with van der Waals surface area (Å²) in [4.78, 5) is 19.1. The van der Waals surface area contributed by atoms with Gasteiger partial charge in [-0.2, -0.15) is 0 Å². The highest BCUT2D eigenvalue weighted by Gasteiger charge is 2.33. The topological polar surface area (TPSA) is 122 Å². The summed E-state index contributed by atoms with van der Waals surface area (Å²) >= 11 is 1.25. The lowest BCUT2D eigenvalue weighted by Crippen LogP contribution is -2.34. The fourth-order valence-corrected chi connectivity index (χ4v) is 5.49. The Labute approximate surface area is 174 Å². The predicted molar refractivity (Wildman–Crippen MR) is 112 cm³/mol. The smallest absolute Gasteiger partial charge is 0.323 e. The van der Waals surface area contributed by atoms with E-state index in [0.717, 1.165) is 23.3 Å². The summed E-state index contributed by atoms with van der Waals surface area (Å²) in [6.07, 6.45) is 3.31. The molecule has 2 aliphatic rings. The molecule has 0 aliphatic carbocycles. The van der Waals surface area contributed by atoms with Crippen LogP contribution in [0.3, 0.4) is 0 Å². The zero-order chi connectivity index (χ0) is 21.2. The number of methoxy groups -OCH3 is 1. The molecular weight excluding hydrogens is 416 g/mol. The number of hydrogen-bond acceptors (Lipinski definition) is 8. The van der Waals surface area contributed by atoms with Crippen molar-refractivity contribution in [2.75, 3.05) is 45.0 Å². The number of ether oxygens (including phenoxy) is 2. The Morgan fingerprint density at radius 1 is 1.38 bits per heavy atom. The summed E-state index contributed by atoms with van der Waals surface area (Å²) in [6, 6.07) is -0.399. The van der Waals surface area contributed by atoms with Gasteiger partial charge in [0.15, 0.2) is 15.0 Å². The van der Waals surface area contributed by atoms with Crippen LogP contribution in [0.1, 0.15) is 29.8 Å². The third-order valence-corrected chi connectivity index (χ3v) is 7.95. The number of sulfone groups is 1. The van der Waals surface area contributed by atoms with E-state index in [0.29, 0.717) is 37.0 Å². The van der Waals surface area contributed by atoms with Crippen molar-refractivity contribution in [3.8, 4) is 0 Å². The second-order valence-corrected chi connectivity index (χ2v) is 10.6. The number of thiazole rings is 1. The van der Waals surface area contributed by atoms with E-state index in [1.807, 2.05) is 0 Å². The van der Waals surface area contributed by atoms with Crippen LogP contribution in [-0.4, -0.2) is 75.1 Å². The summed E-state index contributed by atoms with van der Waals surface area (Å²) in [5.74, 6) is 0.133. The van der Waals surface area contributed by atoms with Crippen molar-refractivity contribution < 1.29 is 22.7 Å². The first-order valence-electron chi connectivity index (χ1n) is 9.36. The van der Waals surface area contributed by atoms with Crippen LogP contribution in [0.5, 0.6) is 0 Å². The van der Waals surface area contributed by atoms with Gasteiger partial charge in [0.2, 0.25) is 5.90 Å². The number of carbonyl (C=O) groups is 1. The lowest BCUT2D eigenvalue weighted by molar-refractivity contribution is 0.0809. The Morgan fingerprint density at radius 2 is 2.07 bits per heavy atom. The third-order valence-electron chi connectivity index (χ3n) is 5.30. The molecule has 0 aromatic carbocycles. The van der Waals surface area contributed by atoms with Crippen molar-refractivity contribution in [2.45, 2.75) is 24.5 Å². The van der Waals surface area contributed by atoms with Crippen LogP contribution in [0.4, 0.5) is 9.93 Å². The molecule has 1 atom stereocenters. The molecule has 3 heterocycles. The number of aromatic nitrogens is 1. The summed E-state index contributed by atoms with van der Waals surface area (Å²) in [5.41, 5.74) is 1.21. The van der Waals surface area contributed by atoms with Gasteiger partial charge in [-0.25, -0.2) is 18.2 Å². The Kier molecular flexibility index (Phi) is 6.59. The maximum absolute atomic E-state index is 12.6. The van der Waals surface area contributed by atoms with Crippen molar-refractivity contribution in [1.29, 1.82) is 5.41 Å². The fraction of sp³-hybridized carbons (Fsp3) is 0.611. The molecule has 1 aromatic heterocycles. The van der Waals surface area contributed by atoms with Gasteiger partial charge < -0.3 is 14.4 Å². The maximum atomic E-state index is 12.6. The first-order valence-corrected chi connectivity index (χ1v) is 12.1. The average molecular weight is 443 g/mol.